The Labute approximate surface area is 133 Å². The molecule has 2 atom stereocenters. The molecule has 1 aromatic heterocycles. The number of pyridine rings is 1. The Hall–Kier alpha value is -1.82. The Balaban J connectivity index is 2.09. The van der Waals surface area contributed by atoms with Crippen LogP contribution in [0.1, 0.15) is 25.8 Å². The van der Waals surface area contributed by atoms with Crippen molar-refractivity contribution < 1.29 is 17.9 Å². The lowest BCUT2D eigenvalue weighted by Crippen LogP contribution is -2.46. The molecule has 2 aromatic rings. The first-order valence-electron chi connectivity index (χ1n) is 7.75. The molecule has 0 aliphatic carbocycles. The van der Waals surface area contributed by atoms with Crippen molar-refractivity contribution in [2.24, 2.45) is 0 Å². The maximum absolute atomic E-state index is 13.2. The average Bonchev–Trinajstić information content (AvgIpc) is 2.52. The summed E-state index contributed by atoms with van der Waals surface area (Å²) in [5.41, 5.74) is 0.101. The van der Waals surface area contributed by atoms with E-state index >= 15 is 0 Å². The number of ether oxygens (including phenoxy) is 1. The molecule has 1 saturated heterocycles. The van der Waals surface area contributed by atoms with Gasteiger partial charge in [0.05, 0.1) is 23.3 Å². The number of hydrogen-bond donors (Lipinski definition) is 0. The zero-order valence-electron chi connectivity index (χ0n) is 13.1. The van der Waals surface area contributed by atoms with Crippen LogP contribution < -0.4 is 4.90 Å². The van der Waals surface area contributed by atoms with Crippen LogP contribution in [0, 0.1) is 0 Å². The summed E-state index contributed by atoms with van der Waals surface area (Å²) < 4.78 is 45.4. The van der Waals surface area contributed by atoms with Crippen LogP contribution in [-0.4, -0.2) is 30.3 Å². The van der Waals surface area contributed by atoms with E-state index in [-0.39, 0.29) is 17.7 Å². The number of hydrogen-bond acceptors (Lipinski definition) is 3. The minimum absolute atomic E-state index is 0.00435. The molecule has 1 fully saturated rings. The van der Waals surface area contributed by atoms with E-state index in [1.807, 2.05) is 13.8 Å². The number of aromatic nitrogens is 1. The average molecular weight is 324 g/mol. The van der Waals surface area contributed by atoms with Crippen molar-refractivity contribution in [1.29, 1.82) is 0 Å². The normalized spacial score (nSPS) is 22.6. The summed E-state index contributed by atoms with van der Waals surface area (Å²) in [7, 11) is 0. The number of rotatable bonds is 2. The number of anilines is 1. The first kappa shape index (κ1) is 16.1. The summed E-state index contributed by atoms with van der Waals surface area (Å²) in [4.78, 5) is 6.09. The van der Waals surface area contributed by atoms with Gasteiger partial charge in [-0.25, -0.2) is 0 Å². The quantitative estimate of drug-likeness (QED) is 0.825. The molecule has 1 aliphatic heterocycles. The first-order chi connectivity index (χ1) is 10.9. The number of halogens is 3. The Morgan fingerprint density at radius 1 is 1.26 bits per heavy atom. The fourth-order valence-corrected chi connectivity index (χ4v) is 3.13. The van der Waals surface area contributed by atoms with Crippen molar-refractivity contribution in [1.82, 2.24) is 4.98 Å². The fraction of sp³-hybridized carbons (Fsp3) is 0.471. The number of benzene rings is 1. The van der Waals surface area contributed by atoms with Gasteiger partial charge in [-0.1, -0.05) is 6.92 Å². The molecule has 23 heavy (non-hydrogen) atoms. The zero-order chi connectivity index (χ0) is 16.6. The van der Waals surface area contributed by atoms with E-state index in [1.54, 1.807) is 18.2 Å². The lowest BCUT2D eigenvalue weighted by molar-refractivity contribution is -0.136. The minimum atomic E-state index is -4.41. The Kier molecular flexibility index (Phi) is 4.19. The second kappa shape index (κ2) is 6.00. The number of nitrogens with zero attached hydrogens (tertiary/aromatic N) is 2. The van der Waals surface area contributed by atoms with Crippen molar-refractivity contribution in [3.63, 3.8) is 0 Å². The van der Waals surface area contributed by atoms with Crippen molar-refractivity contribution in [3.05, 3.63) is 36.0 Å². The van der Waals surface area contributed by atoms with Crippen LogP contribution in [0.5, 0.6) is 0 Å². The standard InChI is InChI=1S/C17H19F3N2O/c1-3-12-10-22(9-11(2)23-12)15-7-6-14(17(18,19)20)16-13(15)5-4-8-21-16/h4-8,11-12H,3,9-10H2,1-2H3/t11-,12+/m1/s1. The minimum Gasteiger partial charge on any atom is -0.372 e. The molecule has 0 radical (unpaired) electrons. The maximum Gasteiger partial charge on any atom is 0.418 e. The van der Waals surface area contributed by atoms with E-state index in [0.29, 0.717) is 18.5 Å². The van der Waals surface area contributed by atoms with Crippen molar-refractivity contribution >= 4 is 16.6 Å². The van der Waals surface area contributed by atoms with Crippen LogP contribution in [0.25, 0.3) is 10.9 Å². The summed E-state index contributed by atoms with van der Waals surface area (Å²) in [6, 6.07) is 6.06. The molecule has 3 rings (SSSR count). The molecule has 6 heteroatoms. The van der Waals surface area contributed by atoms with E-state index in [2.05, 4.69) is 9.88 Å². The van der Waals surface area contributed by atoms with Gasteiger partial charge in [-0.3, -0.25) is 4.98 Å². The molecule has 0 N–H and O–H groups in total. The van der Waals surface area contributed by atoms with Crippen LogP contribution in [0.3, 0.4) is 0 Å². The predicted octanol–water partition coefficient (Wildman–Crippen LogP) is 4.26. The highest BCUT2D eigenvalue weighted by Gasteiger charge is 2.34. The van der Waals surface area contributed by atoms with Gasteiger partial charge in [-0.2, -0.15) is 13.2 Å². The van der Waals surface area contributed by atoms with E-state index in [0.717, 1.165) is 18.2 Å². The molecular formula is C17H19F3N2O. The summed E-state index contributed by atoms with van der Waals surface area (Å²) in [5.74, 6) is 0. The topological polar surface area (TPSA) is 25.4 Å². The molecular weight excluding hydrogens is 305 g/mol. The Bertz CT molecular complexity index is 702. The molecule has 0 bridgehead atoms. The van der Waals surface area contributed by atoms with E-state index in [4.69, 9.17) is 4.74 Å². The SMILES string of the molecule is CC[C@H]1CN(c2ccc(C(F)(F)F)c3ncccc23)C[C@@H](C)O1. The Morgan fingerprint density at radius 2 is 2.04 bits per heavy atom. The van der Waals surface area contributed by atoms with Gasteiger partial charge in [-0.05, 0) is 37.6 Å². The van der Waals surface area contributed by atoms with Gasteiger partial charge >= 0.3 is 6.18 Å². The molecule has 124 valence electrons. The van der Waals surface area contributed by atoms with Crippen molar-refractivity contribution in [3.8, 4) is 0 Å². The van der Waals surface area contributed by atoms with Gasteiger partial charge in [0.25, 0.3) is 0 Å². The first-order valence-corrected chi connectivity index (χ1v) is 7.75. The summed E-state index contributed by atoms with van der Waals surface area (Å²) in [6.45, 7) is 5.37. The predicted molar refractivity (Wildman–Crippen MR) is 83.6 cm³/mol. The van der Waals surface area contributed by atoms with Gasteiger partial charge in [0.2, 0.25) is 0 Å². The highest BCUT2D eigenvalue weighted by Crippen LogP contribution is 2.38. The van der Waals surface area contributed by atoms with Crippen LogP contribution in [-0.2, 0) is 10.9 Å². The van der Waals surface area contributed by atoms with Gasteiger partial charge in [-0.15, -0.1) is 0 Å². The molecule has 0 amide bonds. The molecule has 3 nitrogen and oxygen atoms in total. The molecule has 1 aliphatic rings. The zero-order valence-corrected chi connectivity index (χ0v) is 13.1. The summed E-state index contributed by atoms with van der Waals surface area (Å²) in [6.07, 6.45) is -2.00. The van der Waals surface area contributed by atoms with Gasteiger partial charge in [0.1, 0.15) is 0 Å². The van der Waals surface area contributed by atoms with Crippen molar-refractivity contribution in [2.45, 2.75) is 38.7 Å². The lowest BCUT2D eigenvalue weighted by atomic mass is 10.0. The molecule has 2 heterocycles. The van der Waals surface area contributed by atoms with Gasteiger partial charge in [0.15, 0.2) is 0 Å². The van der Waals surface area contributed by atoms with Crippen LogP contribution in [0.15, 0.2) is 30.5 Å². The van der Waals surface area contributed by atoms with E-state index in [1.165, 1.54) is 6.20 Å². The molecule has 0 spiro atoms. The van der Waals surface area contributed by atoms with Crippen LogP contribution >= 0.6 is 0 Å². The third-order valence-corrected chi connectivity index (χ3v) is 4.17. The van der Waals surface area contributed by atoms with Crippen LogP contribution in [0.2, 0.25) is 0 Å². The molecule has 0 saturated carbocycles. The monoisotopic (exact) mass is 324 g/mol. The van der Waals surface area contributed by atoms with Gasteiger partial charge < -0.3 is 9.64 Å². The third kappa shape index (κ3) is 3.13. The van der Waals surface area contributed by atoms with Crippen molar-refractivity contribution in [2.75, 3.05) is 18.0 Å². The third-order valence-electron chi connectivity index (χ3n) is 4.17. The fourth-order valence-electron chi connectivity index (χ4n) is 3.13. The largest absolute Gasteiger partial charge is 0.418 e. The highest BCUT2D eigenvalue weighted by atomic mass is 19.4. The van der Waals surface area contributed by atoms with E-state index in [9.17, 15) is 13.2 Å². The maximum atomic E-state index is 13.2. The van der Waals surface area contributed by atoms with Crippen LogP contribution in [0.4, 0.5) is 18.9 Å². The molecule has 1 aromatic carbocycles. The lowest BCUT2D eigenvalue weighted by Gasteiger charge is -2.38. The van der Waals surface area contributed by atoms with E-state index < -0.39 is 11.7 Å². The Morgan fingerprint density at radius 3 is 2.74 bits per heavy atom. The second-order valence-corrected chi connectivity index (χ2v) is 5.91. The summed E-state index contributed by atoms with van der Waals surface area (Å²) >= 11 is 0. The smallest absolute Gasteiger partial charge is 0.372 e. The molecule has 0 unspecified atom stereocenters. The highest BCUT2D eigenvalue weighted by molar-refractivity contribution is 5.94. The number of alkyl halides is 3. The number of fused-ring (bicyclic) bond motifs is 1. The summed E-state index contributed by atoms with van der Waals surface area (Å²) in [5, 5.41) is 0.534. The second-order valence-electron chi connectivity index (χ2n) is 5.91. The van der Waals surface area contributed by atoms with Gasteiger partial charge in [0, 0.05) is 30.4 Å². The number of morpholine rings is 1.